The fourth-order valence-electron chi connectivity index (χ4n) is 3.20. The van der Waals surface area contributed by atoms with Crippen molar-refractivity contribution in [2.75, 3.05) is 18.0 Å². The monoisotopic (exact) mass is 274 g/mol. The zero-order chi connectivity index (χ0) is 14.7. The molecule has 112 valence electrons. The molecule has 1 N–H and O–H groups in total. The van der Waals surface area contributed by atoms with Crippen LogP contribution >= 0.6 is 0 Å². The normalized spacial score (nSPS) is 24.8. The maximum absolute atomic E-state index is 3.76. The van der Waals surface area contributed by atoms with E-state index in [1.165, 1.54) is 29.7 Å². The van der Waals surface area contributed by atoms with Crippen LogP contribution in [0.15, 0.2) is 18.2 Å². The summed E-state index contributed by atoms with van der Waals surface area (Å²) >= 11 is 0. The van der Waals surface area contributed by atoms with Crippen molar-refractivity contribution in [3.05, 3.63) is 29.3 Å². The number of rotatable bonds is 4. The number of nitrogens with zero attached hydrogens (tertiary/aromatic N) is 1. The molecule has 0 amide bonds. The highest BCUT2D eigenvalue weighted by Crippen LogP contribution is 2.28. The zero-order valence-electron chi connectivity index (χ0n) is 13.7. The largest absolute Gasteiger partial charge is 0.365 e. The van der Waals surface area contributed by atoms with Gasteiger partial charge in [0.1, 0.15) is 0 Å². The van der Waals surface area contributed by atoms with Gasteiger partial charge in [-0.2, -0.15) is 0 Å². The summed E-state index contributed by atoms with van der Waals surface area (Å²) in [6, 6.07) is 7.95. The van der Waals surface area contributed by atoms with Gasteiger partial charge in [0.15, 0.2) is 0 Å². The number of aryl methyl sites for hydroxylation is 1. The first kappa shape index (κ1) is 15.4. The Labute approximate surface area is 124 Å². The van der Waals surface area contributed by atoms with Crippen LogP contribution in [0.1, 0.15) is 44.7 Å². The van der Waals surface area contributed by atoms with Gasteiger partial charge >= 0.3 is 0 Å². The summed E-state index contributed by atoms with van der Waals surface area (Å²) in [4.78, 5) is 2.65. The summed E-state index contributed by atoms with van der Waals surface area (Å²) in [5.74, 6) is 0.737. The van der Waals surface area contributed by atoms with Crippen LogP contribution < -0.4 is 10.2 Å². The molecule has 2 nitrogen and oxygen atoms in total. The van der Waals surface area contributed by atoms with Crippen molar-refractivity contribution in [3.63, 3.8) is 0 Å². The predicted molar refractivity (Wildman–Crippen MR) is 88.6 cm³/mol. The van der Waals surface area contributed by atoms with E-state index in [9.17, 15) is 0 Å². The molecule has 0 bridgehead atoms. The first-order valence-corrected chi connectivity index (χ1v) is 8.14. The Morgan fingerprint density at radius 2 is 2.05 bits per heavy atom. The van der Waals surface area contributed by atoms with Gasteiger partial charge in [-0.25, -0.2) is 0 Å². The highest BCUT2D eigenvalue weighted by atomic mass is 15.2. The van der Waals surface area contributed by atoms with Crippen molar-refractivity contribution in [1.82, 2.24) is 5.32 Å². The molecule has 1 aliphatic rings. The maximum Gasteiger partial charge on any atom is 0.0412 e. The third-order valence-corrected chi connectivity index (χ3v) is 5.14. The van der Waals surface area contributed by atoms with E-state index in [1.807, 2.05) is 0 Å². The lowest BCUT2D eigenvalue weighted by Crippen LogP contribution is -2.58. The third kappa shape index (κ3) is 3.01. The van der Waals surface area contributed by atoms with Crippen LogP contribution in [0.3, 0.4) is 0 Å². The van der Waals surface area contributed by atoms with Gasteiger partial charge in [0.05, 0.1) is 0 Å². The molecule has 1 saturated heterocycles. The van der Waals surface area contributed by atoms with Gasteiger partial charge in [0, 0.05) is 30.9 Å². The summed E-state index contributed by atoms with van der Waals surface area (Å²) in [7, 11) is 0. The van der Waals surface area contributed by atoms with Gasteiger partial charge in [-0.15, -0.1) is 0 Å². The number of anilines is 1. The second-order valence-corrected chi connectivity index (χ2v) is 6.33. The van der Waals surface area contributed by atoms with Crippen molar-refractivity contribution >= 4 is 5.69 Å². The number of hydrogen-bond acceptors (Lipinski definition) is 2. The molecule has 2 heteroatoms. The van der Waals surface area contributed by atoms with Crippen LogP contribution in [-0.2, 0) is 0 Å². The minimum atomic E-state index is 0.614. The molecule has 0 radical (unpaired) electrons. The Morgan fingerprint density at radius 3 is 2.70 bits per heavy atom. The summed E-state index contributed by atoms with van der Waals surface area (Å²) in [6.07, 6.45) is 2.45. The molecule has 3 atom stereocenters. The van der Waals surface area contributed by atoms with Crippen molar-refractivity contribution in [2.45, 2.75) is 59.5 Å². The molecule has 2 rings (SSSR count). The molecule has 1 aromatic carbocycles. The van der Waals surface area contributed by atoms with E-state index in [4.69, 9.17) is 0 Å². The second kappa shape index (κ2) is 6.62. The lowest BCUT2D eigenvalue weighted by Gasteiger charge is -2.44. The van der Waals surface area contributed by atoms with Gasteiger partial charge in [0.25, 0.3) is 0 Å². The fraction of sp³-hybridized carbons (Fsp3) is 0.667. The highest BCUT2D eigenvalue weighted by Gasteiger charge is 2.30. The Kier molecular flexibility index (Phi) is 5.09. The quantitative estimate of drug-likeness (QED) is 0.895. The number of nitrogens with one attached hydrogen (secondary N) is 1. The molecule has 0 saturated carbocycles. The molecule has 1 aliphatic heterocycles. The lowest BCUT2D eigenvalue weighted by molar-refractivity contribution is 0.306. The first-order valence-electron chi connectivity index (χ1n) is 8.14. The molecule has 1 heterocycles. The van der Waals surface area contributed by atoms with E-state index in [2.05, 4.69) is 63.0 Å². The van der Waals surface area contributed by atoms with Gasteiger partial charge in [-0.05, 0) is 43.4 Å². The number of hydrogen-bond donors (Lipinski definition) is 1. The van der Waals surface area contributed by atoms with E-state index in [0.29, 0.717) is 12.1 Å². The number of benzene rings is 1. The second-order valence-electron chi connectivity index (χ2n) is 6.33. The lowest BCUT2D eigenvalue weighted by atomic mass is 9.93. The molecule has 20 heavy (non-hydrogen) atoms. The molecule has 0 aliphatic carbocycles. The molecular weight excluding hydrogens is 244 g/mol. The van der Waals surface area contributed by atoms with Crippen LogP contribution in [0, 0.1) is 19.8 Å². The smallest absolute Gasteiger partial charge is 0.0412 e. The molecule has 0 aromatic heterocycles. The first-order chi connectivity index (χ1) is 9.58. The zero-order valence-corrected chi connectivity index (χ0v) is 13.7. The Bertz CT molecular complexity index is 441. The van der Waals surface area contributed by atoms with E-state index >= 15 is 0 Å². The highest BCUT2D eigenvalue weighted by molar-refractivity contribution is 5.57. The van der Waals surface area contributed by atoms with Crippen molar-refractivity contribution in [1.29, 1.82) is 0 Å². The maximum atomic E-state index is 3.76. The van der Waals surface area contributed by atoms with Gasteiger partial charge in [0.2, 0.25) is 0 Å². The predicted octanol–water partition coefficient (Wildman–Crippen LogP) is 3.91. The average Bonchev–Trinajstić information content (AvgIpc) is 2.48. The van der Waals surface area contributed by atoms with E-state index < -0.39 is 0 Å². The van der Waals surface area contributed by atoms with E-state index in [0.717, 1.165) is 19.0 Å². The molecule has 3 unspecified atom stereocenters. The molecular formula is C18H30N2. The summed E-state index contributed by atoms with van der Waals surface area (Å²) < 4.78 is 0. The minimum Gasteiger partial charge on any atom is -0.365 e. The van der Waals surface area contributed by atoms with Crippen molar-refractivity contribution in [3.8, 4) is 0 Å². The standard InChI is InChI=1S/C18H30N2/c1-6-13(3)17-12-20(16(7-2)11-19-17)18-10-8-9-14(4)15(18)5/h8-10,13,16-17,19H,6-7,11-12H2,1-5H3. The molecule has 0 spiro atoms. The Morgan fingerprint density at radius 1 is 1.30 bits per heavy atom. The molecule has 1 fully saturated rings. The summed E-state index contributed by atoms with van der Waals surface area (Å²) in [5, 5.41) is 3.76. The summed E-state index contributed by atoms with van der Waals surface area (Å²) in [6.45, 7) is 13.7. The van der Waals surface area contributed by atoms with E-state index in [1.54, 1.807) is 0 Å². The van der Waals surface area contributed by atoms with Crippen LogP contribution in [-0.4, -0.2) is 25.2 Å². The minimum absolute atomic E-state index is 0.614. The van der Waals surface area contributed by atoms with Gasteiger partial charge in [-0.1, -0.05) is 39.3 Å². The van der Waals surface area contributed by atoms with Crippen LogP contribution in [0.4, 0.5) is 5.69 Å². The number of piperazine rings is 1. The van der Waals surface area contributed by atoms with Crippen molar-refractivity contribution < 1.29 is 0 Å². The van der Waals surface area contributed by atoms with Crippen molar-refractivity contribution in [2.24, 2.45) is 5.92 Å². The van der Waals surface area contributed by atoms with Crippen LogP contribution in [0.25, 0.3) is 0 Å². The Balaban J connectivity index is 2.27. The van der Waals surface area contributed by atoms with Gasteiger partial charge < -0.3 is 10.2 Å². The topological polar surface area (TPSA) is 15.3 Å². The fourth-order valence-corrected chi connectivity index (χ4v) is 3.20. The SMILES string of the molecule is CCC(C)C1CN(c2cccc(C)c2C)C(CC)CN1. The Hall–Kier alpha value is -1.02. The van der Waals surface area contributed by atoms with Gasteiger partial charge in [-0.3, -0.25) is 0 Å². The summed E-state index contributed by atoms with van der Waals surface area (Å²) in [5.41, 5.74) is 4.28. The van der Waals surface area contributed by atoms with Crippen LogP contribution in [0.2, 0.25) is 0 Å². The van der Waals surface area contributed by atoms with E-state index in [-0.39, 0.29) is 0 Å². The molecule has 1 aromatic rings. The van der Waals surface area contributed by atoms with Crippen LogP contribution in [0.5, 0.6) is 0 Å². The third-order valence-electron chi connectivity index (χ3n) is 5.14. The average molecular weight is 274 g/mol.